The Bertz CT molecular complexity index is 524. The van der Waals surface area contributed by atoms with Gasteiger partial charge in [0.2, 0.25) is 0 Å². The van der Waals surface area contributed by atoms with Gasteiger partial charge in [-0.2, -0.15) is 5.26 Å². The average Bonchev–Trinajstić information content (AvgIpc) is 2.41. The SMILES string of the molecule is CC1(C(=O)O)CCCCC1Nc1cc(C#N)ccn1. The van der Waals surface area contributed by atoms with Crippen molar-refractivity contribution in [3.63, 3.8) is 0 Å². The van der Waals surface area contributed by atoms with Crippen molar-refractivity contribution < 1.29 is 9.90 Å². The van der Waals surface area contributed by atoms with E-state index in [-0.39, 0.29) is 6.04 Å². The van der Waals surface area contributed by atoms with Gasteiger partial charge in [-0.1, -0.05) is 12.8 Å². The monoisotopic (exact) mass is 259 g/mol. The summed E-state index contributed by atoms with van der Waals surface area (Å²) < 4.78 is 0. The number of nitrogens with zero attached hydrogens (tertiary/aromatic N) is 2. The van der Waals surface area contributed by atoms with E-state index in [9.17, 15) is 9.90 Å². The topological polar surface area (TPSA) is 86.0 Å². The second-order valence-electron chi connectivity index (χ2n) is 5.21. The van der Waals surface area contributed by atoms with Crippen LogP contribution in [0, 0.1) is 16.7 Å². The first-order chi connectivity index (χ1) is 9.06. The first-order valence-electron chi connectivity index (χ1n) is 6.42. The fourth-order valence-electron chi connectivity index (χ4n) is 2.58. The zero-order valence-electron chi connectivity index (χ0n) is 10.9. The number of hydrogen-bond acceptors (Lipinski definition) is 4. The van der Waals surface area contributed by atoms with Gasteiger partial charge in [-0.15, -0.1) is 0 Å². The maximum absolute atomic E-state index is 11.5. The van der Waals surface area contributed by atoms with Gasteiger partial charge < -0.3 is 10.4 Å². The van der Waals surface area contributed by atoms with E-state index in [4.69, 9.17) is 5.26 Å². The van der Waals surface area contributed by atoms with Crippen LogP contribution in [-0.4, -0.2) is 22.1 Å². The Kier molecular flexibility index (Phi) is 3.70. The smallest absolute Gasteiger partial charge is 0.311 e. The number of aliphatic carboxylic acids is 1. The lowest BCUT2D eigenvalue weighted by molar-refractivity contribution is -0.150. The van der Waals surface area contributed by atoms with Gasteiger partial charge in [0, 0.05) is 12.2 Å². The molecule has 1 aliphatic rings. The third kappa shape index (κ3) is 2.68. The van der Waals surface area contributed by atoms with Crippen molar-refractivity contribution in [3.8, 4) is 6.07 Å². The van der Waals surface area contributed by atoms with E-state index >= 15 is 0 Å². The van der Waals surface area contributed by atoms with Crippen LogP contribution >= 0.6 is 0 Å². The summed E-state index contributed by atoms with van der Waals surface area (Å²) in [6, 6.07) is 5.18. The fraction of sp³-hybridized carbons (Fsp3) is 0.500. The molecule has 1 aromatic rings. The first kappa shape index (κ1) is 13.3. The van der Waals surface area contributed by atoms with Gasteiger partial charge in [-0.25, -0.2) is 4.98 Å². The van der Waals surface area contributed by atoms with Crippen molar-refractivity contribution in [1.82, 2.24) is 4.98 Å². The first-order valence-corrected chi connectivity index (χ1v) is 6.42. The highest BCUT2D eigenvalue weighted by atomic mass is 16.4. The van der Waals surface area contributed by atoms with E-state index in [0.717, 1.165) is 19.3 Å². The molecule has 1 heterocycles. The molecular formula is C14H17N3O2. The molecule has 0 bridgehead atoms. The summed E-state index contributed by atoms with van der Waals surface area (Å²) >= 11 is 0. The van der Waals surface area contributed by atoms with E-state index in [2.05, 4.69) is 16.4 Å². The van der Waals surface area contributed by atoms with Gasteiger partial charge in [0.25, 0.3) is 0 Å². The number of hydrogen-bond donors (Lipinski definition) is 2. The summed E-state index contributed by atoms with van der Waals surface area (Å²) in [7, 11) is 0. The molecule has 100 valence electrons. The number of carboxylic acids is 1. The molecule has 2 unspecified atom stereocenters. The number of rotatable bonds is 3. The van der Waals surface area contributed by atoms with Crippen LogP contribution < -0.4 is 5.32 Å². The summed E-state index contributed by atoms with van der Waals surface area (Å²) in [6.07, 6.45) is 4.98. The summed E-state index contributed by atoms with van der Waals surface area (Å²) in [5.74, 6) is -0.209. The van der Waals surface area contributed by atoms with Crippen LogP contribution in [0.4, 0.5) is 5.82 Å². The van der Waals surface area contributed by atoms with Gasteiger partial charge in [-0.3, -0.25) is 4.79 Å². The number of anilines is 1. The Morgan fingerprint density at radius 3 is 3.11 bits per heavy atom. The number of pyridine rings is 1. The van der Waals surface area contributed by atoms with Crippen LogP contribution in [0.25, 0.3) is 0 Å². The van der Waals surface area contributed by atoms with Crippen molar-refractivity contribution in [2.45, 2.75) is 38.6 Å². The average molecular weight is 259 g/mol. The molecule has 0 radical (unpaired) electrons. The molecule has 0 aliphatic heterocycles. The fourth-order valence-corrected chi connectivity index (χ4v) is 2.58. The van der Waals surface area contributed by atoms with Crippen LogP contribution in [0.15, 0.2) is 18.3 Å². The molecule has 1 saturated carbocycles. The molecule has 1 fully saturated rings. The second kappa shape index (κ2) is 5.27. The van der Waals surface area contributed by atoms with Crippen molar-refractivity contribution >= 4 is 11.8 Å². The third-order valence-electron chi connectivity index (χ3n) is 3.91. The Hall–Kier alpha value is -2.09. The summed E-state index contributed by atoms with van der Waals surface area (Å²) in [5.41, 5.74) is -0.256. The highest BCUT2D eigenvalue weighted by Gasteiger charge is 2.43. The number of nitriles is 1. The minimum Gasteiger partial charge on any atom is -0.481 e. The lowest BCUT2D eigenvalue weighted by Gasteiger charge is -2.38. The Morgan fingerprint density at radius 2 is 2.42 bits per heavy atom. The summed E-state index contributed by atoms with van der Waals surface area (Å²) in [6.45, 7) is 1.78. The van der Waals surface area contributed by atoms with Crippen LogP contribution in [0.5, 0.6) is 0 Å². The molecule has 19 heavy (non-hydrogen) atoms. The van der Waals surface area contributed by atoms with E-state index in [1.807, 2.05) is 0 Å². The van der Waals surface area contributed by atoms with E-state index < -0.39 is 11.4 Å². The van der Waals surface area contributed by atoms with Gasteiger partial charge in [-0.05, 0) is 31.9 Å². The maximum atomic E-state index is 11.5. The van der Waals surface area contributed by atoms with Crippen LogP contribution in [0.2, 0.25) is 0 Å². The lowest BCUT2D eigenvalue weighted by Crippen LogP contribution is -2.46. The number of nitrogens with one attached hydrogen (secondary N) is 1. The predicted molar refractivity (Wildman–Crippen MR) is 70.6 cm³/mol. The Labute approximate surface area is 112 Å². The van der Waals surface area contributed by atoms with E-state index in [1.165, 1.54) is 0 Å². The molecular weight excluding hydrogens is 242 g/mol. The van der Waals surface area contributed by atoms with Gasteiger partial charge in [0.15, 0.2) is 0 Å². The largest absolute Gasteiger partial charge is 0.481 e. The van der Waals surface area contributed by atoms with Crippen molar-refractivity contribution in [2.75, 3.05) is 5.32 Å². The molecule has 1 aliphatic carbocycles. The minimum atomic E-state index is -0.777. The summed E-state index contributed by atoms with van der Waals surface area (Å²) in [5, 5.41) is 21.5. The third-order valence-corrected chi connectivity index (χ3v) is 3.91. The molecule has 0 saturated heterocycles. The summed E-state index contributed by atoms with van der Waals surface area (Å²) in [4.78, 5) is 15.6. The standard InChI is InChI=1S/C14H17N3O2/c1-14(13(18)19)6-3-2-4-11(14)17-12-8-10(9-15)5-7-16-12/h5,7-8,11H,2-4,6H2,1H3,(H,16,17)(H,18,19). The van der Waals surface area contributed by atoms with Gasteiger partial charge in [0.1, 0.15) is 5.82 Å². The normalized spacial score (nSPS) is 26.4. The Morgan fingerprint density at radius 1 is 1.63 bits per heavy atom. The molecule has 0 spiro atoms. The maximum Gasteiger partial charge on any atom is 0.311 e. The zero-order chi connectivity index (χ0) is 13.9. The molecule has 2 rings (SSSR count). The number of carboxylic acid groups (broad SMARTS) is 1. The predicted octanol–water partition coefficient (Wildman–Crippen LogP) is 2.40. The Balaban J connectivity index is 2.20. The minimum absolute atomic E-state index is 0.153. The van der Waals surface area contributed by atoms with Crippen molar-refractivity contribution in [3.05, 3.63) is 23.9 Å². The molecule has 5 nitrogen and oxygen atoms in total. The quantitative estimate of drug-likeness (QED) is 0.870. The van der Waals surface area contributed by atoms with Crippen molar-refractivity contribution in [1.29, 1.82) is 5.26 Å². The zero-order valence-corrected chi connectivity index (χ0v) is 10.9. The van der Waals surface area contributed by atoms with Crippen LogP contribution in [0.1, 0.15) is 38.2 Å². The number of carbonyl (C=O) groups is 1. The molecule has 2 N–H and O–H groups in total. The van der Waals surface area contributed by atoms with Gasteiger partial charge >= 0.3 is 5.97 Å². The van der Waals surface area contributed by atoms with Crippen molar-refractivity contribution in [2.24, 2.45) is 5.41 Å². The molecule has 0 aromatic carbocycles. The molecule has 5 heteroatoms. The highest BCUT2D eigenvalue weighted by Crippen LogP contribution is 2.37. The molecule has 1 aromatic heterocycles. The second-order valence-corrected chi connectivity index (χ2v) is 5.21. The van der Waals surface area contributed by atoms with Crippen LogP contribution in [0.3, 0.4) is 0 Å². The lowest BCUT2D eigenvalue weighted by atomic mass is 9.71. The number of aromatic nitrogens is 1. The van der Waals surface area contributed by atoms with E-state index in [1.54, 1.807) is 25.3 Å². The van der Waals surface area contributed by atoms with E-state index in [0.29, 0.717) is 17.8 Å². The van der Waals surface area contributed by atoms with Gasteiger partial charge in [0.05, 0.1) is 17.0 Å². The highest BCUT2D eigenvalue weighted by molar-refractivity contribution is 5.76. The molecule has 0 amide bonds. The van der Waals surface area contributed by atoms with Crippen LogP contribution in [-0.2, 0) is 4.79 Å². The molecule has 2 atom stereocenters.